The van der Waals surface area contributed by atoms with Crippen molar-refractivity contribution in [3.8, 4) is 5.75 Å². The van der Waals surface area contributed by atoms with Crippen LogP contribution in [0.15, 0.2) is 53.4 Å². The molecule has 21 heavy (non-hydrogen) atoms. The lowest BCUT2D eigenvalue weighted by atomic mass is 10.3. The first-order valence-corrected chi connectivity index (χ1v) is 7.29. The maximum absolute atomic E-state index is 12.5. The van der Waals surface area contributed by atoms with Crippen LogP contribution >= 0.6 is 0 Å². The van der Waals surface area contributed by atoms with Crippen LogP contribution in [0.25, 0.3) is 0 Å². The van der Waals surface area contributed by atoms with Crippen LogP contribution in [-0.2, 0) is 10.0 Å². The van der Waals surface area contributed by atoms with Crippen molar-refractivity contribution in [3.63, 3.8) is 0 Å². The summed E-state index contributed by atoms with van der Waals surface area (Å²) in [5, 5.41) is 20.2. The molecule has 7 nitrogen and oxygen atoms in total. The molecule has 0 unspecified atom stereocenters. The summed E-state index contributed by atoms with van der Waals surface area (Å²) in [6.07, 6.45) is 0. The van der Waals surface area contributed by atoms with Crippen LogP contribution in [0.5, 0.6) is 5.75 Å². The fourth-order valence-corrected chi connectivity index (χ4v) is 3.13. The number of aromatic hydroxyl groups is 1. The van der Waals surface area contributed by atoms with Gasteiger partial charge in [0.25, 0.3) is 15.7 Å². The highest BCUT2D eigenvalue weighted by Gasteiger charge is 2.29. The molecular weight excluding hydrogens is 296 g/mol. The number of phenolic OH excluding ortho intramolecular Hbond substituents is 1. The number of nitro groups is 1. The summed E-state index contributed by atoms with van der Waals surface area (Å²) in [6, 6.07) is 10.6. The molecule has 0 saturated carbocycles. The van der Waals surface area contributed by atoms with Crippen molar-refractivity contribution in [2.75, 3.05) is 11.4 Å². The van der Waals surface area contributed by atoms with Gasteiger partial charge in [-0.1, -0.05) is 12.1 Å². The van der Waals surface area contributed by atoms with E-state index >= 15 is 0 Å². The van der Waals surface area contributed by atoms with Crippen molar-refractivity contribution in [2.45, 2.75) is 4.90 Å². The molecule has 0 amide bonds. The van der Waals surface area contributed by atoms with E-state index in [1.807, 2.05) is 0 Å². The van der Waals surface area contributed by atoms with Gasteiger partial charge >= 0.3 is 0 Å². The molecule has 2 aromatic rings. The number of nitrogens with zero attached hydrogens (tertiary/aromatic N) is 2. The quantitative estimate of drug-likeness (QED) is 0.688. The van der Waals surface area contributed by atoms with Crippen molar-refractivity contribution < 1.29 is 18.4 Å². The molecule has 0 spiro atoms. The van der Waals surface area contributed by atoms with Crippen molar-refractivity contribution in [2.24, 2.45) is 0 Å². The number of nitro benzene ring substituents is 1. The van der Waals surface area contributed by atoms with E-state index in [-0.39, 0.29) is 16.3 Å². The van der Waals surface area contributed by atoms with E-state index in [9.17, 15) is 23.6 Å². The highest BCUT2D eigenvalue weighted by molar-refractivity contribution is 7.93. The number of sulfonamides is 1. The van der Waals surface area contributed by atoms with Crippen LogP contribution in [0.2, 0.25) is 0 Å². The Kier molecular flexibility index (Phi) is 3.81. The van der Waals surface area contributed by atoms with Crippen LogP contribution in [-0.4, -0.2) is 25.5 Å². The van der Waals surface area contributed by atoms with Crippen molar-refractivity contribution >= 4 is 21.4 Å². The zero-order valence-corrected chi connectivity index (χ0v) is 11.8. The van der Waals surface area contributed by atoms with Crippen LogP contribution in [0.3, 0.4) is 0 Å². The molecule has 1 N–H and O–H groups in total. The van der Waals surface area contributed by atoms with Crippen molar-refractivity contribution in [1.82, 2.24) is 0 Å². The van der Waals surface area contributed by atoms with E-state index in [2.05, 4.69) is 0 Å². The van der Waals surface area contributed by atoms with Gasteiger partial charge in [0.05, 0.1) is 10.6 Å². The second-order valence-electron chi connectivity index (χ2n) is 4.21. The summed E-state index contributed by atoms with van der Waals surface area (Å²) < 4.78 is 25.9. The van der Waals surface area contributed by atoms with Gasteiger partial charge in [-0.3, -0.25) is 14.4 Å². The summed E-state index contributed by atoms with van der Waals surface area (Å²) in [5.74, 6) is -0.00441. The molecule has 0 saturated heterocycles. The molecule has 0 heterocycles. The largest absolute Gasteiger partial charge is 0.508 e. The minimum absolute atomic E-state index is 0.00441. The average molecular weight is 308 g/mol. The zero-order valence-electron chi connectivity index (χ0n) is 11.0. The van der Waals surface area contributed by atoms with Gasteiger partial charge in [0.1, 0.15) is 5.75 Å². The fourth-order valence-electron chi connectivity index (χ4n) is 1.77. The fraction of sp³-hybridized carbons (Fsp3) is 0.0769. The number of anilines is 1. The Balaban J connectivity index is 2.52. The molecule has 0 fully saturated rings. The minimum Gasteiger partial charge on any atom is -0.508 e. The molecule has 0 radical (unpaired) electrons. The van der Waals surface area contributed by atoms with E-state index in [0.717, 1.165) is 10.4 Å². The second-order valence-corrected chi connectivity index (χ2v) is 6.15. The smallest absolute Gasteiger partial charge is 0.289 e. The summed E-state index contributed by atoms with van der Waals surface area (Å²) in [4.78, 5) is 9.84. The highest BCUT2D eigenvalue weighted by Crippen LogP contribution is 2.29. The topological polar surface area (TPSA) is 101 Å². The molecule has 8 heteroatoms. The summed E-state index contributed by atoms with van der Waals surface area (Å²) in [5.41, 5.74) is -0.200. The van der Waals surface area contributed by atoms with Gasteiger partial charge in [0, 0.05) is 13.1 Å². The Labute approximate surface area is 121 Å². The van der Waals surface area contributed by atoms with Gasteiger partial charge in [0.2, 0.25) is 0 Å². The normalized spacial score (nSPS) is 11.1. The Morgan fingerprint density at radius 3 is 2.24 bits per heavy atom. The van der Waals surface area contributed by atoms with Crippen molar-refractivity contribution in [3.05, 3.63) is 58.6 Å². The molecule has 0 aliphatic carbocycles. The highest BCUT2D eigenvalue weighted by atomic mass is 32.2. The predicted molar refractivity (Wildman–Crippen MR) is 76.8 cm³/mol. The third-order valence-corrected chi connectivity index (χ3v) is 4.75. The van der Waals surface area contributed by atoms with E-state index in [1.54, 1.807) is 0 Å². The number of hydrogen-bond donors (Lipinski definition) is 1. The van der Waals surface area contributed by atoms with Gasteiger partial charge in [-0.2, -0.15) is 0 Å². The van der Waals surface area contributed by atoms with Crippen LogP contribution in [0.4, 0.5) is 11.4 Å². The Bertz CT molecular complexity index is 771. The van der Waals surface area contributed by atoms with Gasteiger partial charge in [-0.25, -0.2) is 8.42 Å². The first-order valence-electron chi connectivity index (χ1n) is 5.85. The summed E-state index contributed by atoms with van der Waals surface area (Å²) in [7, 11) is -2.78. The Hall–Kier alpha value is -2.61. The summed E-state index contributed by atoms with van der Waals surface area (Å²) >= 11 is 0. The Morgan fingerprint density at radius 1 is 1.10 bits per heavy atom. The van der Waals surface area contributed by atoms with E-state index in [4.69, 9.17) is 0 Å². The number of hydrogen-bond acceptors (Lipinski definition) is 5. The molecule has 2 rings (SSSR count). The predicted octanol–water partition coefficient (Wildman–Crippen LogP) is 2.13. The standard InChI is InChI=1S/C13H12N2O5S/c1-14(10-6-8-11(16)9-7-10)21(19,20)13-5-3-2-4-12(13)15(17)18/h2-9,16H,1H3. The number of phenols is 1. The molecule has 0 aliphatic heterocycles. The van der Waals surface area contributed by atoms with Gasteiger partial charge in [-0.15, -0.1) is 0 Å². The number of benzene rings is 2. The van der Waals surface area contributed by atoms with E-state index in [0.29, 0.717) is 0 Å². The number of rotatable bonds is 4. The lowest BCUT2D eigenvalue weighted by Gasteiger charge is -2.19. The molecule has 0 bridgehead atoms. The van der Waals surface area contributed by atoms with Crippen molar-refractivity contribution in [1.29, 1.82) is 0 Å². The Morgan fingerprint density at radius 2 is 1.67 bits per heavy atom. The second kappa shape index (κ2) is 5.41. The molecule has 110 valence electrons. The summed E-state index contributed by atoms with van der Waals surface area (Å²) in [6.45, 7) is 0. The van der Waals surface area contributed by atoms with Crippen LogP contribution in [0, 0.1) is 10.1 Å². The van der Waals surface area contributed by atoms with Crippen LogP contribution in [0.1, 0.15) is 0 Å². The zero-order chi connectivity index (χ0) is 15.6. The average Bonchev–Trinajstić information content (AvgIpc) is 2.47. The van der Waals surface area contributed by atoms with Gasteiger partial charge in [0.15, 0.2) is 4.90 Å². The molecule has 0 aromatic heterocycles. The minimum atomic E-state index is -4.07. The maximum atomic E-state index is 12.5. The third kappa shape index (κ3) is 2.79. The lowest BCUT2D eigenvalue weighted by molar-refractivity contribution is -0.387. The molecule has 2 aromatic carbocycles. The SMILES string of the molecule is CN(c1ccc(O)cc1)S(=O)(=O)c1ccccc1[N+](=O)[O-]. The first-order chi connectivity index (χ1) is 9.84. The monoisotopic (exact) mass is 308 g/mol. The molecule has 0 aliphatic rings. The van der Waals surface area contributed by atoms with Crippen LogP contribution < -0.4 is 4.31 Å². The van der Waals surface area contributed by atoms with E-state index in [1.165, 1.54) is 49.5 Å². The lowest BCUT2D eigenvalue weighted by Crippen LogP contribution is -2.27. The van der Waals surface area contributed by atoms with E-state index < -0.39 is 20.6 Å². The van der Waals surface area contributed by atoms with Gasteiger partial charge < -0.3 is 5.11 Å². The first kappa shape index (κ1) is 14.8. The molecule has 0 atom stereocenters. The van der Waals surface area contributed by atoms with Gasteiger partial charge in [-0.05, 0) is 30.3 Å². The molecular formula is C13H12N2O5S. The number of para-hydroxylation sites is 1. The maximum Gasteiger partial charge on any atom is 0.289 e. The third-order valence-electron chi connectivity index (χ3n) is 2.91.